The molecule has 1 amide bonds. The highest BCUT2D eigenvalue weighted by Gasteiger charge is 2.19. The second-order valence-electron chi connectivity index (χ2n) is 3.16. The van der Waals surface area contributed by atoms with Gasteiger partial charge >= 0.3 is 5.97 Å². The maximum atomic E-state index is 13.5. The van der Waals surface area contributed by atoms with E-state index in [1.807, 2.05) is 5.32 Å². The maximum absolute atomic E-state index is 13.5. The number of nitrogens with zero attached hydrogens (tertiary/aromatic N) is 1. The Kier molecular flexibility index (Phi) is 4.32. The lowest BCUT2D eigenvalue weighted by atomic mass is 10.1. The van der Waals surface area contributed by atoms with Gasteiger partial charge in [0.2, 0.25) is 5.91 Å². The first-order valence-electron chi connectivity index (χ1n) is 4.74. The van der Waals surface area contributed by atoms with E-state index in [2.05, 4.69) is 4.74 Å². The van der Waals surface area contributed by atoms with E-state index in [4.69, 9.17) is 5.26 Å². The standard InChI is InChI=1S/C11H8F2N2O3/c1-18-11(17)6-2-3-7(10(13)9(6)12)15-8(16)4-5-14/h2-3H,4H2,1H3,(H,15,16). The Labute approximate surface area is 101 Å². The van der Waals surface area contributed by atoms with Gasteiger partial charge in [-0.1, -0.05) is 0 Å². The number of carbonyl (C=O) groups is 2. The third-order valence-electron chi connectivity index (χ3n) is 2.00. The number of hydrogen-bond donors (Lipinski definition) is 1. The van der Waals surface area contributed by atoms with Crippen LogP contribution in [0.15, 0.2) is 12.1 Å². The van der Waals surface area contributed by atoms with Gasteiger partial charge in [0.15, 0.2) is 11.6 Å². The number of nitriles is 1. The monoisotopic (exact) mass is 254 g/mol. The molecule has 0 unspecified atom stereocenters. The van der Waals surface area contributed by atoms with E-state index in [0.717, 1.165) is 19.2 Å². The fourth-order valence-electron chi connectivity index (χ4n) is 1.18. The number of methoxy groups -OCH3 is 1. The molecular formula is C11H8F2N2O3. The summed E-state index contributed by atoms with van der Waals surface area (Å²) in [6.07, 6.45) is -0.486. The number of esters is 1. The number of hydrogen-bond acceptors (Lipinski definition) is 4. The smallest absolute Gasteiger partial charge is 0.340 e. The van der Waals surface area contributed by atoms with E-state index in [1.54, 1.807) is 6.07 Å². The lowest BCUT2D eigenvalue weighted by Crippen LogP contribution is -2.14. The molecule has 5 nitrogen and oxygen atoms in total. The molecule has 94 valence electrons. The van der Waals surface area contributed by atoms with E-state index in [-0.39, 0.29) is 0 Å². The van der Waals surface area contributed by atoms with E-state index < -0.39 is 41.2 Å². The minimum atomic E-state index is -1.42. The molecule has 1 N–H and O–H groups in total. The zero-order valence-electron chi connectivity index (χ0n) is 9.29. The van der Waals surface area contributed by atoms with Gasteiger partial charge in [-0.15, -0.1) is 0 Å². The number of benzene rings is 1. The van der Waals surface area contributed by atoms with Crippen LogP contribution in [0.5, 0.6) is 0 Å². The van der Waals surface area contributed by atoms with Crippen molar-refractivity contribution >= 4 is 17.6 Å². The van der Waals surface area contributed by atoms with Crippen molar-refractivity contribution in [3.05, 3.63) is 29.3 Å². The van der Waals surface area contributed by atoms with Crippen LogP contribution < -0.4 is 5.32 Å². The summed E-state index contributed by atoms with van der Waals surface area (Å²) in [5.74, 6) is -4.61. The van der Waals surface area contributed by atoms with Gasteiger partial charge in [0, 0.05) is 0 Å². The molecule has 1 rings (SSSR count). The normalized spacial score (nSPS) is 9.44. The Bertz CT molecular complexity index is 538. The van der Waals surface area contributed by atoms with E-state index >= 15 is 0 Å². The van der Waals surface area contributed by atoms with Crippen LogP contribution in [-0.2, 0) is 9.53 Å². The fourth-order valence-corrected chi connectivity index (χ4v) is 1.18. The molecule has 0 aromatic heterocycles. The summed E-state index contributed by atoms with van der Waals surface area (Å²) in [5.41, 5.74) is -1.02. The highest BCUT2D eigenvalue weighted by molar-refractivity contribution is 5.94. The molecule has 0 radical (unpaired) electrons. The molecule has 0 saturated heterocycles. The molecule has 0 saturated carbocycles. The van der Waals surface area contributed by atoms with Crippen LogP contribution in [0.1, 0.15) is 16.8 Å². The average Bonchev–Trinajstić information content (AvgIpc) is 2.34. The zero-order chi connectivity index (χ0) is 13.7. The third-order valence-corrected chi connectivity index (χ3v) is 2.00. The average molecular weight is 254 g/mol. The maximum Gasteiger partial charge on any atom is 0.340 e. The Morgan fingerprint density at radius 1 is 1.39 bits per heavy atom. The zero-order valence-corrected chi connectivity index (χ0v) is 9.29. The summed E-state index contributed by atoms with van der Waals surface area (Å²) in [6.45, 7) is 0. The lowest BCUT2D eigenvalue weighted by molar-refractivity contribution is -0.115. The van der Waals surface area contributed by atoms with Gasteiger partial charge in [0.05, 0.1) is 24.4 Å². The van der Waals surface area contributed by atoms with Crippen LogP contribution in [0.4, 0.5) is 14.5 Å². The van der Waals surface area contributed by atoms with E-state index in [9.17, 15) is 18.4 Å². The molecule has 0 spiro atoms. The molecule has 1 aromatic carbocycles. The molecule has 1 aromatic rings. The predicted octanol–water partition coefficient (Wildman–Crippen LogP) is 1.60. The first-order valence-corrected chi connectivity index (χ1v) is 4.74. The molecule has 18 heavy (non-hydrogen) atoms. The molecule has 0 atom stereocenters. The lowest BCUT2D eigenvalue weighted by Gasteiger charge is -2.07. The van der Waals surface area contributed by atoms with Crippen molar-refractivity contribution in [3.8, 4) is 6.07 Å². The molecule has 0 heterocycles. The number of halogens is 2. The van der Waals surface area contributed by atoms with Gasteiger partial charge in [0.25, 0.3) is 0 Å². The molecule has 0 fully saturated rings. The highest BCUT2D eigenvalue weighted by atomic mass is 19.2. The van der Waals surface area contributed by atoms with Crippen LogP contribution in [0, 0.1) is 23.0 Å². The summed E-state index contributed by atoms with van der Waals surface area (Å²) in [4.78, 5) is 22.1. The third kappa shape index (κ3) is 2.79. The molecule has 0 bridgehead atoms. The first kappa shape index (κ1) is 13.6. The topological polar surface area (TPSA) is 79.2 Å². The Morgan fingerprint density at radius 3 is 2.61 bits per heavy atom. The number of nitrogens with one attached hydrogen (secondary N) is 1. The molecular weight excluding hydrogens is 246 g/mol. The van der Waals surface area contributed by atoms with Crippen LogP contribution in [0.2, 0.25) is 0 Å². The number of rotatable bonds is 3. The summed E-state index contributed by atoms with van der Waals surface area (Å²) < 4.78 is 31.2. The van der Waals surface area contributed by atoms with Crippen LogP contribution in [-0.4, -0.2) is 19.0 Å². The van der Waals surface area contributed by atoms with Crippen molar-refractivity contribution in [1.82, 2.24) is 0 Å². The van der Waals surface area contributed by atoms with Crippen LogP contribution in [0.3, 0.4) is 0 Å². The largest absolute Gasteiger partial charge is 0.465 e. The van der Waals surface area contributed by atoms with Crippen molar-refractivity contribution in [2.45, 2.75) is 6.42 Å². The second-order valence-corrected chi connectivity index (χ2v) is 3.16. The second kappa shape index (κ2) is 5.72. The molecule has 7 heteroatoms. The van der Waals surface area contributed by atoms with Crippen LogP contribution >= 0.6 is 0 Å². The molecule has 0 aliphatic rings. The first-order chi connectivity index (χ1) is 8.51. The molecule has 0 aliphatic carbocycles. The minimum absolute atomic E-state index is 0.444. The van der Waals surface area contributed by atoms with Gasteiger partial charge in [-0.25, -0.2) is 13.6 Å². The summed E-state index contributed by atoms with van der Waals surface area (Å²) in [5, 5.41) is 10.3. The predicted molar refractivity (Wildman–Crippen MR) is 56.6 cm³/mol. The van der Waals surface area contributed by atoms with Gasteiger partial charge in [-0.2, -0.15) is 5.26 Å². The van der Waals surface area contributed by atoms with E-state index in [0.29, 0.717) is 0 Å². The summed E-state index contributed by atoms with van der Waals surface area (Å²) >= 11 is 0. The number of amides is 1. The number of carbonyl (C=O) groups excluding carboxylic acids is 2. The minimum Gasteiger partial charge on any atom is -0.465 e. The van der Waals surface area contributed by atoms with Crippen molar-refractivity contribution in [3.63, 3.8) is 0 Å². The van der Waals surface area contributed by atoms with E-state index in [1.165, 1.54) is 0 Å². The molecule has 0 aliphatic heterocycles. The van der Waals surface area contributed by atoms with Gasteiger partial charge in [0.1, 0.15) is 6.42 Å². The number of ether oxygens (including phenoxy) is 1. The van der Waals surface area contributed by atoms with Crippen molar-refractivity contribution in [1.29, 1.82) is 5.26 Å². The Morgan fingerprint density at radius 2 is 2.06 bits per heavy atom. The SMILES string of the molecule is COC(=O)c1ccc(NC(=O)CC#N)c(F)c1F. The van der Waals surface area contributed by atoms with Crippen LogP contribution in [0.25, 0.3) is 0 Å². The number of anilines is 1. The van der Waals surface area contributed by atoms with Crippen molar-refractivity contribution in [2.75, 3.05) is 12.4 Å². The summed E-state index contributed by atoms with van der Waals surface area (Å²) in [7, 11) is 1.03. The quantitative estimate of drug-likeness (QED) is 0.831. The van der Waals surface area contributed by atoms with Gasteiger partial charge in [-0.05, 0) is 12.1 Å². The Hall–Kier alpha value is -2.49. The fraction of sp³-hybridized carbons (Fsp3) is 0.182. The highest BCUT2D eigenvalue weighted by Crippen LogP contribution is 2.21. The summed E-state index contributed by atoms with van der Waals surface area (Å²) in [6, 6.07) is 3.55. The van der Waals surface area contributed by atoms with Gasteiger partial charge < -0.3 is 10.1 Å². The van der Waals surface area contributed by atoms with Crippen molar-refractivity contribution < 1.29 is 23.1 Å². The Balaban J connectivity index is 3.05. The van der Waals surface area contributed by atoms with Crippen molar-refractivity contribution in [2.24, 2.45) is 0 Å². The van der Waals surface area contributed by atoms with Gasteiger partial charge in [-0.3, -0.25) is 4.79 Å².